The maximum atomic E-state index is 11.7. The first-order valence-electron chi connectivity index (χ1n) is 5.00. The van der Waals surface area contributed by atoms with Crippen LogP contribution in [0.3, 0.4) is 0 Å². The summed E-state index contributed by atoms with van der Waals surface area (Å²) in [5.74, 6) is -0.181. The minimum absolute atomic E-state index is 0.0867. The lowest BCUT2D eigenvalue weighted by Gasteiger charge is -2.10. The zero-order chi connectivity index (χ0) is 13.0. The number of phenols is 1. The Kier molecular flexibility index (Phi) is 5.38. The van der Waals surface area contributed by atoms with Gasteiger partial charge in [-0.3, -0.25) is 9.00 Å². The third-order valence-electron chi connectivity index (χ3n) is 2.33. The molecule has 0 bridgehead atoms. The van der Waals surface area contributed by atoms with E-state index in [2.05, 4.69) is 5.32 Å². The predicted molar refractivity (Wildman–Crippen MR) is 76.7 cm³/mol. The molecule has 94 valence electrons. The van der Waals surface area contributed by atoms with Gasteiger partial charge in [-0.25, -0.2) is 0 Å². The van der Waals surface area contributed by atoms with Crippen molar-refractivity contribution in [3.05, 3.63) is 27.3 Å². The van der Waals surface area contributed by atoms with Crippen molar-refractivity contribution in [1.82, 2.24) is 5.32 Å². The van der Waals surface area contributed by atoms with Crippen LogP contribution in [0.4, 0.5) is 0 Å². The average Bonchev–Trinajstić information content (AvgIpc) is 2.28. The first kappa shape index (κ1) is 14.4. The van der Waals surface area contributed by atoms with Crippen molar-refractivity contribution < 1.29 is 14.1 Å². The molecule has 2 N–H and O–H groups in total. The topological polar surface area (TPSA) is 66.4 Å². The molecule has 0 saturated heterocycles. The van der Waals surface area contributed by atoms with E-state index in [9.17, 15) is 14.1 Å². The summed E-state index contributed by atoms with van der Waals surface area (Å²) in [5, 5.41) is 12.1. The SMILES string of the molecule is CC(CNC(=O)c1ccc(I)c(O)c1)S(C)=O. The molecule has 4 nitrogen and oxygen atoms in total. The summed E-state index contributed by atoms with van der Waals surface area (Å²) in [6.45, 7) is 2.16. The summed E-state index contributed by atoms with van der Waals surface area (Å²) in [4.78, 5) is 11.7. The molecule has 0 aromatic heterocycles. The Labute approximate surface area is 116 Å². The van der Waals surface area contributed by atoms with Crippen molar-refractivity contribution in [2.45, 2.75) is 12.2 Å². The second kappa shape index (κ2) is 6.34. The van der Waals surface area contributed by atoms with Gasteiger partial charge in [-0.1, -0.05) is 0 Å². The standard InChI is InChI=1S/C11H14INO3S/c1-7(17(2)16)6-13-11(15)8-3-4-9(12)10(14)5-8/h3-5,7,14H,6H2,1-2H3,(H,13,15). The van der Waals surface area contributed by atoms with Crippen molar-refractivity contribution in [2.24, 2.45) is 0 Å². The highest BCUT2D eigenvalue weighted by atomic mass is 127. The van der Waals surface area contributed by atoms with Gasteiger partial charge in [0.1, 0.15) is 5.75 Å². The average molecular weight is 367 g/mol. The van der Waals surface area contributed by atoms with Gasteiger partial charge in [-0.2, -0.15) is 0 Å². The van der Waals surface area contributed by atoms with Gasteiger partial charge in [0, 0.05) is 34.4 Å². The van der Waals surface area contributed by atoms with Crippen LogP contribution in [0, 0.1) is 3.57 Å². The highest BCUT2D eigenvalue weighted by Gasteiger charge is 2.11. The Morgan fingerprint density at radius 3 is 2.76 bits per heavy atom. The summed E-state index contributed by atoms with van der Waals surface area (Å²) in [6, 6.07) is 4.74. The zero-order valence-electron chi connectivity index (χ0n) is 9.57. The summed E-state index contributed by atoms with van der Waals surface area (Å²) in [6.07, 6.45) is 1.60. The van der Waals surface area contributed by atoms with Gasteiger partial charge in [-0.05, 0) is 47.7 Å². The second-order valence-electron chi connectivity index (χ2n) is 3.69. The van der Waals surface area contributed by atoms with Crippen LogP contribution >= 0.6 is 22.6 Å². The van der Waals surface area contributed by atoms with E-state index in [0.717, 1.165) is 0 Å². The summed E-state index contributed by atoms with van der Waals surface area (Å²) < 4.78 is 11.8. The van der Waals surface area contributed by atoms with Crippen LogP contribution in [0.2, 0.25) is 0 Å². The van der Waals surface area contributed by atoms with E-state index >= 15 is 0 Å². The molecule has 1 aromatic carbocycles. The maximum Gasteiger partial charge on any atom is 0.251 e. The Morgan fingerprint density at radius 2 is 2.24 bits per heavy atom. The van der Waals surface area contributed by atoms with E-state index < -0.39 is 10.8 Å². The third kappa shape index (κ3) is 4.27. The normalized spacial score (nSPS) is 14.1. The maximum absolute atomic E-state index is 11.7. The van der Waals surface area contributed by atoms with Crippen molar-refractivity contribution in [3.63, 3.8) is 0 Å². The van der Waals surface area contributed by atoms with E-state index in [-0.39, 0.29) is 16.9 Å². The van der Waals surface area contributed by atoms with Crippen LogP contribution < -0.4 is 5.32 Å². The second-order valence-corrected chi connectivity index (χ2v) is 6.65. The molecular weight excluding hydrogens is 353 g/mol. The lowest BCUT2D eigenvalue weighted by Crippen LogP contribution is -2.32. The minimum atomic E-state index is -0.956. The zero-order valence-corrected chi connectivity index (χ0v) is 12.5. The number of benzene rings is 1. The van der Waals surface area contributed by atoms with Crippen molar-refractivity contribution in [2.75, 3.05) is 12.8 Å². The number of aromatic hydroxyl groups is 1. The van der Waals surface area contributed by atoms with Crippen LogP contribution in [-0.4, -0.2) is 33.3 Å². The van der Waals surface area contributed by atoms with Crippen LogP contribution in [-0.2, 0) is 10.8 Å². The number of carbonyl (C=O) groups excluding carboxylic acids is 1. The number of hydrogen-bond donors (Lipinski definition) is 2. The first-order valence-corrected chi connectivity index (χ1v) is 7.70. The fourth-order valence-corrected chi connectivity index (χ4v) is 1.76. The summed E-state index contributed by atoms with van der Waals surface area (Å²) >= 11 is 1.98. The molecule has 1 amide bonds. The molecule has 0 aliphatic heterocycles. The van der Waals surface area contributed by atoms with Crippen LogP contribution in [0.5, 0.6) is 5.75 Å². The molecule has 6 heteroatoms. The van der Waals surface area contributed by atoms with Gasteiger partial charge in [0.05, 0.1) is 3.57 Å². The molecule has 2 atom stereocenters. The first-order chi connectivity index (χ1) is 7.91. The number of rotatable bonds is 4. The highest BCUT2D eigenvalue weighted by Crippen LogP contribution is 2.20. The molecule has 0 aliphatic rings. The Bertz CT molecular complexity index is 450. The number of phenolic OH excluding ortho intramolecular Hbond substituents is 1. The Hall–Kier alpha value is -0.630. The lowest BCUT2D eigenvalue weighted by molar-refractivity contribution is 0.0953. The van der Waals surface area contributed by atoms with Crippen LogP contribution in [0.15, 0.2) is 18.2 Å². The molecule has 0 fully saturated rings. The van der Waals surface area contributed by atoms with Crippen molar-refractivity contribution >= 4 is 39.3 Å². The van der Waals surface area contributed by atoms with Gasteiger partial charge in [0.25, 0.3) is 5.91 Å². The van der Waals surface area contributed by atoms with E-state index in [1.165, 1.54) is 6.07 Å². The third-order valence-corrected chi connectivity index (χ3v) is 4.54. The monoisotopic (exact) mass is 367 g/mol. The number of carbonyl (C=O) groups is 1. The fraction of sp³-hybridized carbons (Fsp3) is 0.364. The van der Waals surface area contributed by atoms with Gasteiger partial charge in [-0.15, -0.1) is 0 Å². The fourth-order valence-electron chi connectivity index (χ4n) is 1.11. The highest BCUT2D eigenvalue weighted by molar-refractivity contribution is 14.1. The van der Waals surface area contributed by atoms with E-state index in [1.807, 2.05) is 29.5 Å². The molecule has 17 heavy (non-hydrogen) atoms. The molecule has 0 heterocycles. The summed E-state index contributed by atoms with van der Waals surface area (Å²) in [7, 11) is -0.956. The molecule has 0 aliphatic carbocycles. The van der Waals surface area contributed by atoms with Crippen LogP contribution in [0.1, 0.15) is 17.3 Å². The number of amides is 1. The molecule has 0 radical (unpaired) electrons. The molecule has 0 spiro atoms. The van der Waals surface area contributed by atoms with Crippen molar-refractivity contribution in [1.29, 1.82) is 0 Å². The molecule has 0 saturated carbocycles. The Morgan fingerprint density at radius 1 is 1.59 bits per heavy atom. The Balaban J connectivity index is 2.64. The molecule has 1 rings (SSSR count). The van der Waals surface area contributed by atoms with Gasteiger partial charge in [0.2, 0.25) is 0 Å². The quantitative estimate of drug-likeness (QED) is 0.793. The van der Waals surface area contributed by atoms with E-state index in [0.29, 0.717) is 15.7 Å². The smallest absolute Gasteiger partial charge is 0.251 e. The molecular formula is C11H14INO3S. The predicted octanol–water partition coefficient (Wildman–Crippen LogP) is 1.49. The van der Waals surface area contributed by atoms with E-state index in [4.69, 9.17) is 0 Å². The molecule has 1 aromatic rings. The van der Waals surface area contributed by atoms with Crippen molar-refractivity contribution in [3.8, 4) is 5.75 Å². The number of nitrogens with one attached hydrogen (secondary N) is 1. The largest absolute Gasteiger partial charge is 0.507 e. The van der Waals surface area contributed by atoms with Gasteiger partial charge < -0.3 is 10.4 Å². The minimum Gasteiger partial charge on any atom is -0.507 e. The number of halogens is 1. The van der Waals surface area contributed by atoms with Gasteiger partial charge in [0.15, 0.2) is 0 Å². The van der Waals surface area contributed by atoms with Crippen LogP contribution in [0.25, 0.3) is 0 Å². The lowest BCUT2D eigenvalue weighted by atomic mass is 10.2. The number of hydrogen-bond acceptors (Lipinski definition) is 3. The summed E-state index contributed by atoms with van der Waals surface area (Å²) in [5.41, 5.74) is 0.400. The van der Waals surface area contributed by atoms with E-state index in [1.54, 1.807) is 18.4 Å². The molecule has 2 unspecified atom stereocenters. The van der Waals surface area contributed by atoms with Gasteiger partial charge >= 0.3 is 0 Å².